The molecule has 7 nitrogen and oxygen atoms in total. The number of aromatic nitrogens is 1. The van der Waals surface area contributed by atoms with Crippen LogP contribution in [0, 0.1) is 6.92 Å². The molecule has 2 N–H and O–H groups in total. The molecule has 1 aromatic heterocycles. The molecule has 2 amide bonds. The standard InChI is InChI=1S/C25H28N4O3S/c1-3-18-4-6-19(7-5-18)25-26-17(2)23(33-25)24(31)28-21-10-8-20(9-11-21)27-22(30)16-29-12-14-32-15-13-29/h4-11H,3,12-16H2,1-2H3,(H,27,30)(H,28,31). The van der Waals surface area contributed by atoms with Crippen molar-refractivity contribution in [2.75, 3.05) is 43.5 Å². The minimum Gasteiger partial charge on any atom is -0.379 e. The summed E-state index contributed by atoms with van der Waals surface area (Å²) in [4.78, 5) is 32.3. The fourth-order valence-electron chi connectivity index (χ4n) is 3.60. The van der Waals surface area contributed by atoms with Gasteiger partial charge in [0.2, 0.25) is 5.91 Å². The van der Waals surface area contributed by atoms with Crippen molar-refractivity contribution in [1.29, 1.82) is 0 Å². The van der Waals surface area contributed by atoms with E-state index in [0.717, 1.165) is 30.1 Å². The Balaban J connectivity index is 1.35. The van der Waals surface area contributed by atoms with Crippen molar-refractivity contribution in [3.05, 3.63) is 64.7 Å². The summed E-state index contributed by atoms with van der Waals surface area (Å²) in [7, 11) is 0. The summed E-state index contributed by atoms with van der Waals surface area (Å²) in [6.07, 6.45) is 0.987. The number of ether oxygens (including phenoxy) is 1. The second-order valence-corrected chi connectivity index (χ2v) is 8.95. The van der Waals surface area contributed by atoms with Gasteiger partial charge < -0.3 is 15.4 Å². The van der Waals surface area contributed by atoms with E-state index in [1.54, 1.807) is 24.3 Å². The molecule has 1 saturated heterocycles. The molecular formula is C25H28N4O3S. The van der Waals surface area contributed by atoms with E-state index in [4.69, 9.17) is 4.74 Å². The van der Waals surface area contributed by atoms with E-state index >= 15 is 0 Å². The molecule has 33 heavy (non-hydrogen) atoms. The van der Waals surface area contributed by atoms with Crippen molar-refractivity contribution < 1.29 is 14.3 Å². The smallest absolute Gasteiger partial charge is 0.267 e. The highest BCUT2D eigenvalue weighted by atomic mass is 32.1. The van der Waals surface area contributed by atoms with Crippen LogP contribution in [0.1, 0.15) is 27.9 Å². The van der Waals surface area contributed by atoms with E-state index in [0.29, 0.717) is 41.7 Å². The van der Waals surface area contributed by atoms with Gasteiger partial charge in [0.25, 0.3) is 5.91 Å². The molecule has 2 heterocycles. The highest BCUT2D eigenvalue weighted by Gasteiger charge is 2.17. The number of amides is 2. The minimum absolute atomic E-state index is 0.0616. The van der Waals surface area contributed by atoms with E-state index in [1.807, 2.05) is 19.1 Å². The van der Waals surface area contributed by atoms with Crippen molar-refractivity contribution in [1.82, 2.24) is 9.88 Å². The van der Waals surface area contributed by atoms with E-state index < -0.39 is 0 Å². The number of nitrogens with one attached hydrogen (secondary N) is 2. The minimum atomic E-state index is -0.189. The van der Waals surface area contributed by atoms with Crippen LogP contribution in [0.4, 0.5) is 11.4 Å². The van der Waals surface area contributed by atoms with Crippen LogP contribution in [0.5, 0.6) is 0 Å². The highest BCUT2D eigenvalue weighted by molar-refractivity contribution is 7.17. The van der Waals surface area contributed by atoms with E-state index in [1.165, 1.54) is 16.9 Å². The molecule has 0 radical (unpaired) electrons. The molecule has 0 bridgehead atoms. The number of thiazole rings is 1. The van der Waals surface area contributed by atoms with Gasteiger partial charge in [0.05, 0.1) is 25.5 Å². The topological polar surface area (TPSA) is 83.6 Å². The number of anilines is 2. The first-order valence-corrected chi connectivity index (χ1v) is 11.9. The van der Waals surface area contributed by atoms with E-state index in [-0.39, 0.29) is 11.8 Å². The van der Waals surface area contributed by atoms with Gasteiger partial charge in [0.1, 0.15) is 9.88 Å². The molecule has 0 saturated carbocycles. The number of carbonyl (C=O) groups is 2. The lowest BCUT2D eigenvalue weighted by atomic mass is 10.1. The molecule has 1 aliphatic rings. The molecule has 172 valence electrons. The Bertz CT molecular complexity index is 1100. The largest absolute Gasteiger partial charge is 0.379 e. The predicted molar refractivity (Wildman–Crippen MR) is 132 cm³/mol. The molecule has 2 aromatic carbocycles. The molecule has 1 aliphatic heterocycles. The molecule has 3 aromatic rings. The summed E-state index contributed by atoms with van der Waals surface area (Å²) in [6, 6.07) is 15.4. The van der Waals surface area contributed by atoms with Gasteiger partial charge in [-0.3, -0.25) is 14.5 Å². The third kappa shape index (κ3) is 6.04. The maximum Gasteiger partial charge on any atom is 0.267 e. The fourth-order valence-corrected chi connectivity index (χ4v) is 4.57. The van der Waals surface area contributed by atoms with Crippen molar-refractivity contribution in [2.24, 2.45) is 0 Å². The zero-order chi connectivity index (χ0) is 23.2. The lowest BCUT2D eigenvalue weighted by Crippen LogP contribution is -2.41. The Morgan fingerprint density at radius 1 is 1.00 bits per heavy atom. The maximum atomic E-state index is 12.8. The first-order chi connectivity index (χ1) is 16.0. The molecule has 0 unspecified atom stereocenters. The third-order valence-electron chi connectivity index (χ3n) is 5.51. The molecular weight excluding hydrogens is 436 g/mol. The van der Waals surface area contributed by atoms with Gasteiger partial charge in [-0.25, -0.2) is 4.98 Å². The number of rotatable bonds is 7. The van der Waals surface area contributed by atoms with Crippen molar-refractivity contribution >= 4 is 34.5 Å². The van der Waals surface area contributed by atoms with Crippen molar-refractivity contribution in [3.8, 4) is 10.6 Å². The summed E-state index contributed by atoms with van der Waals surface area (Å²) in [5, 5.41) is 6.66. The molecule has 0 atom stereocenters. The Labute approximate surface area is 197 Å². The number of nitrogens with zero attached hydrogens (tertiary/aromatic N) is 2. The van der Waals surface area contributed by atoms with Gasteiger partial charge in [-0.2, -0.15) is 0 Å². The van der Waals surface area contributed by atoms with Gasteiger partial charge in [-0.05, 0) is 43.2 Å². The van der Waals surface area contributed by atoms with E-state index in [2.05, 4.69) is 39.6 Å². The van der Waals surface area contributed by atoms with Crippen LogP contribution in [0.2, 0.25) is 0 Å². The summed E-state index contributed by atoms with van der Waals surface area (Å²) < 4.78 is 5.30. The predicted octanol–water partition coefficient (Wildman–Crippen LogP) is 4.20. The number of carbonyl (C=O) groups excluding carboxylic acids is 2. The number of hydrogen-bond acceptors (Lipinski definition) is 6. The molecule has 8 heteroatoms. The lowest BCUT2D eigenvalue weighted by molar-refractivity contribution is -0.118. The summed E-state index contributed by atoms with van der Waals surface area (Å²) in [5.41, 5.74) is 4.34. The molecule has 0 spiro atoms. The summed E-state index contributed by atoms with van der Waals surface area (Å²) >= 11 is 1.39. The first kappa shape index (κ1) is 23.1. The van der Waals surface area contributed by atoms with Gasteiger partial charge in [-0.15, -0.1) is 11.3 Å². The van der Waals surface area contributed by atoms with Crippen molar-refractivity contribution in [3.63, 3.8) is 0 Å². The number of hydrogen-bond donors (Lipinski definition) is 2. The average Bonchev–Trinajstić information content (AvgIpc) is 3.22. The second kappa shape index (κ2) is 10.7. The monoisotopic (exact) mass is 464 g/mol. The molecule has 4 rings (SSSR count). The number of morpholine rings is 1. The fraction of sp³-hybridized carbons (Fsp3) is 0.320. The van der Waals surface area contributed by atoms with Gasteiger partial charge in [0, 0.05) is 30.0 Å². The maximum absolute atomic E-state index is 12.8. The Morgan fingerprint density at radius 3 is 2.27 bits per heavy atom. The van der Waals surface area contributed by atoms with Crippen LogP contribution in [-0.2, 0) is 16.0 Å². The number of aryl methyl sites for hydroxylation is 2. The SMILES string of the molecule is CCc1ccc(-c2nc(C)c(C(=O)Nc3ccc(NC(=O)CN4CCOCC4)cc3)s2)cc1. The zero-order valence-corrected chi connectivity index (χ0v) is 19.7. The summed E-state index contributed by atoms with van der Waals surface area (Å²) in [5.74, 6) is -0.251. The van der Waals surface area contributed by atoms with Crippen LogP contribution in [-0.4, -0.2) is 54.5 Å². The second-order valence-electron chi connectivity index (χ2n) is 7.95. The van der Waals surface area contributed by atoms with Gasteiger partial charge in [0.15, 0.2) is 0 Å². The van der Waals surface area contributed by atoms with Gasteiger partial charge >= 0.3 is 0 Å². The third-order valence-corrected chi connectivity index (χ3v) is 6.71. The quantitative estimate of drug-likeness (QED) is 0.547. The molecule has 1 fully saturated rings. The van der Waals surface area contributed by atoms with Crippen LogP contribution < -0.4 is 10.6 Å². The van der Waals surface area contributed by atoms with Crippen LogP contribution in [0.25, 0.3) is 10.6 Å². The highest BCUT2D eigenvalue weighted by Crippen LogP contribution is 2.29. The Hall–Kier alpha value is -3.07. The first-order valence-electron chi connectivity index (χ1n) is 11.1. The Morgan fingerprint density at radius 2 is 1.64 bits per heavy atom. The van der Waals surface area contributed by atoms with E-state index in [9.17, 15) is 9.59 Å². The van der Waals surface area contributed by atoms with Crippen LogP contribution in [0.15, 0.2) is 48.5 Å². The zero-order valence-electron chi connectivity index (χ0n) is 18.9. The molecule has 0 aliphatic carbocycles. The van der Waals surface area contributed by atoms with Crippen LogP contribution in [0.3, 0.4) is 0 Å². The number of benzene rings is 2. The lowest BCUT2D eigenvalue weighted by Gasteiger charge is -2.25. The van der Waals surface area contributed by atoms with Gasteiger partial charge in [-0.1, -0.05) is 31.2 Å². The average molecular weight is 465 g/mol. The van der Waals surface area contributed by atoms with Crippen molar-refractivity contribution in [2.45, 2.75) is 20.3 Å². The van der Waals surface area contributed by atoms with Crippen LogP contribution >= 0.6 is 11.3 Å². The Kier molecular flexibility index (Phi) is 7.49. The normalized spacial score (nSPS) is 14.1. The summed E-state index contributed by atoms with van der Waals surface area (Å²) in [6.45, 7) is 7.17.